The molecule has 2 heterocycles. The van der Waals surface area contributed by atoms with E-state index in [9.17, 15) is 0 Å². The minimum atomic E-state index is 0.107. The van der Waals surface area contributed by atoms with Crippen LogP contribution < -0.4 is 10.2 Å². The largest absolute Gasteiger partial charge is 0.395 e. The van der Waals surface area contributed by atoms with E-state index in [-0.39, 0.29) is 6.61 Å². The summed E-state index contributed by atoms with van der Waals surface area (Å²) in [5.41, 5.74) is 0.947. The number of aromatic nitrogens is 1. The second-order valence-electron chi connectivity index (χ2n) is 3.89. The summed E-state index contributed by atoms with van der Waals surface area (Å²) in [6.07, 6.45) is 2.31. The summed E-state index contributed by atoms with van der Waals surface area (Å²) in [7, 11) is 0. The maximum absolute atomic E-state index is 8.73. The van der Waals surface area contributed by atoms with Gasteiger partial charge in [-0.25, -0.2) is 4.98 Å². The van der Waals surface area contributed by atoms with Gasteiger partial charge in [0.25, 0.3) is 0 Å². The number of aliphatic hydroxyl groups excluding tert-OH is 1. The molecule has 0 bridgehead atoms. The fourth-order valence-electron chi connectivity index (χ4n) is 1.84. The van der Waals surface area contributed by atoms with E-state index in [0.717, 1.165) is 37.6 Å². The van der Waals surface area contributed by atoms with Gasteiger partial charge in [-0.1, -0.05) is 11.8 Å². The second-order valence-corrected chi connectivity index (χ2v) is 3.89. The molecular formula is C13H17N3O. The van der Waals surface area contributed by atoms with Crippen molar-refractivity contribution in [1.82, 2.24) is 10.3 Å². The molecule has 0 aromatic carbocycles. The molecule has 90 valence electrons. The number of pyridine rings is 1. The van der Waals surface area contributed by atoms with E-state index in [1.54, 1.807) is 6.20 Å². The van der Waals surface area contributed by atoms with Crippen LogP contribution in [-0.2, 0) is 0 Å². The number of rotatable bonds is 2. The Labute approximate surface area is 102 Å². The average molecular weight is 231 g/mol. The van der Waals surface area contributed by atoms with E-state index in [2.05, 4.69) is 27.0 Å². The fourth-order valence-corrected chi connectivity index (χ4v) is 1.84. The summed E-state index contributed by atoms with van der Waals surface area (Å²) in [5, 5.41) is 12.0. The van der Waals surface area contributed by atoms with Crippen LogP contribution in [0.4, 0.5) is 5.82 Å². The molecule has 1 fully saturated rings. The molecular weight excluding hydrogens is 214 g/mol. The number of hydrogen-bond acceptors (Lipinski definition) is 4. The van der Waals surface area contributed by atoms with Gasteiger partial charge in [-0.2, -0.15) is 0 Å². The van der Waals surface area contributed by atoms with Crippen LogP contribution in [-0.4, -0.2) is 42.9 Å². The Balaban J connectivity index is 2.18. The SMILES string of the molecule is OCCC#Cc1cccnc1N1CCNCC1. The van der Waals surface area contributed by atoms with E-state index in [1.807, 2.05) is 12.1 Å². The molecule has 1 saturated heterocycles. The van der Waals surface area contributed by atoms with Crippen LogP contribution in [0.5, 0.6) is 0 Å². The number of piperazine rings is 1. The van der Waals surface area contributed by atoms with Crippen LogP contribution in [0.2, 0.25) is 0 Å². The first-order valence-electron chi connectivity index (χ1n) is 5.92. The van der Waals surface area contributed by atoms with Crippen molar-refractivity contribution in [3.05, 3.63) is 23.9 Å². The van der Waals surface area contributed by atoms with Gasteiger partial charge in [0.2, 0.25) is 0 Å². The molecule has 17 heavy (non-hydrogen) atoms. The predicted molar refractivity (Wildman–Crippen MR) is 67.9 cm³/mol. The minimum absolute atomic E-state index is 0.107. The van der Waals surface area contributed by atoms with E-state index >= 15 is 0 Å². The molecule has 1 aromatic heterocycles. The van der Waals surface area contributed by atoms with Gasteiger partial charge in [-0.3, -0.25) is 0 Å². The van der Waals surface area contributed by atoms with Gasteiger partial charge in [-0.15, -0.1) is 0 Å². The molecule has 0 amide bonds. The lowest BCUT2D eigenvalue weighted by Gasteiger charge is -2.29. The van der Waals surface area contributed by atoms with Gasteiger partial charge in [0.15, 0.2) is 0 Å². The summed E-state index contributed by atoms with van der Waals surface area (Å²) >= 11 is 0. The number of anilines is 1. The third kappa shape index (κ3) is 3.19. The van der Waals surface area contributed by atoms with Crippen LogP contribution in [0.3, 0.4) is 0 Å². The molecule has 0 radical (unpaired) electrons. The third-order valence-electron chi connectivity index (χ3n) is 2.66. The summed E-state index contributed by atoms with van der Waals surface area (Å²) in [5.74, 6) is 6.98. The van der Waals surface area contributed by atoms with E-state index in [1.165, 1.54) is 0 Å². The van der Waals surface area contributed by atoms with Gasteiger partial charge in [-0.05, 0) is 12.1 Å². The van der Waals surface area contributed by atoms with E-state index in [0.29, 0.717) is 6.42 Å². The summed E-state index contributed by atoms with van der Waals surface area (Å²) < 4.78 is 0. The average Bonchev–Trinajstić information content (AvgIpc) is 2.41. The maximum atomic E-state index is 8.73. The molecule has 0 saturated carbocycles. The molecule has 0 aliphatic carbocycles. The first kappa shape index (κ1) is 11.9. The molecule has 0 spiro atoms. The molecule has 2 N–H and O–H groups in total. The van der Waals surface area contributed by atoms with Gasteiger partial charge in [0, 0.05) is 38.8 Å². The Hall–Kier alpha value is -1.57. The highest BCUT2D eigenvalue weighted by molar-refractivity contribution is 5.55. The molecule has 1 aromatic rings. The van der Waals surface area contributed by atoms with Crippen molar-refractivity contribution in [2.45, 2.75) is 6.42 Å². The predicted octanol–water partition coefficient (Wildman–Crippen LogP) is 0.225. The molecule has 4 nitrogen and oxygen atoms in total. The van der Waals surface area contributed by atoms with Crippen LogP contribution in [0.1, 0.15) is 12.0 Å². The third-order valence-corrected chi connectivity index (χ3v) is 2.66. The zero-order valence-electron chi connectivity index (χ0n) is 9.82. The summed E-state index contributed by atoms with van der Waals surface area (Å²) in [6.45, 7) is 4.01. The molecule has 2 rings (SSSR count). The van der Waals surface area contributed by atoms with Crippen molar-refractivity contribution in [3.8, 4) is 11.8 Å². The van der Waals surface area contributed by atoms with Crippen molar-refractivity contribution >= 4 is 5.82 Å². The zero-order valence-corrected chi connectivity index (χ0v) is 9.82. The number of aliphatic hydroxyl groups is 1. The van der Waals surface area contributed by atoms with Crippen molar-refractivity contribution < 1.29 is 5.11 Å². The standard InChI is InChI=1S/C13H17N3O/c17-11-2-1-4-12-5-3-6-15-13(12)16-9-7-14-8-10-16/h3,5-6,14,17H,2,7-11H2. The van der Waals surface area contributed by atoms with Crippen LogP contribution in [0, 0.1) is 11.8 Å². The Morgan fingerprint density at radius 2 is 2.24 bits per heavy atom. The van der Waals surface area contributed by atoms with Gasteiger partial charge in [0.05, 0.1) is 12.2 Å². The van der Waals surface area contributed by atoms with Crippen LogP contribution in [0.25, 0.3) is 0 Å². The van der Waals surface area contributed by atoms with Crippen molar-refractivity contribution in [2.75, 3.05) is 37.7 Å². The highest BCUT2D eigenvalue weighted by Crippen LogP contribution is 2.16. The highest BCUT2D eigenvalue weighted by Gasteiger charge is 2.13. The van der Waals surface area contributed by atoms with Crippen LogP contribution in [0.15, 0.2) is 18.3 Å². The Morgan fingerprint density at radius 1 is 1.41 bits per heavy atom. The van der Waals surface area contributed by atoms with Gasteiger partial charge in [0.1, 0.15) is 5.82 Å². The highest BCUT2D eigenvalue weighted by atomic mass is 16.2. The normalized spacial score (nSPS) is 15.2. The topological polar surface area (TPSA) is 48.4 Å². The minimum Gasteiger partial charge on any atom is -0.395 e. The monoisotopic (exact) mass is 231 g/mol. The van der Waals surface area contributed by atoms with Crippen LogP contribution >= 0.6 is 0 Å². The fraction of sp³-hybridized carbons (Fsp3) is 0.462. The molecule has 0 atom stereocenters. The maximum Gasteiger partial charge on any atom is 0.144 e. The lowest BCUT2D eigenvalue weighted by Crippen LogP contribution is -2.44. The van der Waals surface area contributed by atoms with Crippen molar-refractivity contribution in [3.63, 3.8) is 0 Å². The Morgan fingerprint density at radius 3 is 3.00 bits per heavy atom. The van der Waals surface area contributed by atoms with Gasteiger partial charge < -0.3 is 15.3 Å². The Bertz CT molecular complexity index is 416. The molecule has 0 unspecified atom stereocenters. The zero-order chi connectivity index (χ0) is 11.9. The quantitative estimate of drug-likeness (QED) is 0.715. The number of nitrogens with zero attached hydrogens (tertiary/aromatic N) is 2. The van der Waals surface area contributed by atoms with E-state index in [4.69, 9.17) is 5.11 Å². The summed E-state index contributed by atoms with van der Waals surface area (Å²) in [6, 6.07) is 3.88. The van der Waals surface area contributed by atoms with E-state index < -0.39 is 0 Å². The molecule has 1 aliphatic rings. The second kappa shape index (κ2) is 6.24. The smallest absolute Gasteiger partial charge is 0.144 e. The number of nitrogens with one attached hydrogen (secondary N) is 1. The first-order chi connectivity index (χ1) is 8.42. The first-order valence-corrected chi connectivity index (χ1v) is 5.92. The summed E-state index contributed by atoms with van der Waals surface area (Å²) in [4.78, 5) is 6.66. The van der Waals surface area contributed by atoms with Crippen molar-refractivity contribution in [1.29, 1.82) is 0 Å². The van der Waals surface area contributed by atoms with Gasteiger partial charge >= 0.3 is 0 Å². The number of hydrogen-bond donors (Lipinski definition) is 2. The lowest BCUT2D eigenvalue weighted by atomic mass is 10.2. The molecule has 4 heteroatoms. The van der Waals surface area contributed by atoms with Crippen molar-refractivity contribution in [2.24, 2.45) is 0 Å². The Kier molecular flexibility index (Phi) is 4.37. The molecule has 1 aliphatic heterocycles. The lowest BCUT2D eigenvalue weighted by molar-refractivity contribution is 0.305.